The van der Waals surface area contributed by atoms with E-state index >= 15 is 0 Å². The van der Waals surface area contributed by atoms with E-state index in [0.29, 0.717) is 6.54 Å². The lowest BCUT2D eigenvalue weighted by atomic mass is 10.0. The SMILES string of the molecule is O=C=NCCCCCCCCCCCCCCCCCCCCCCCCCCCCCCC[SiH](Cl)Cl. The molecule has 0 aliphatic heterocycles. The third-order valence-corrected chi connectivity index (χ3v) is 9.91. The molecule has 0 aromatic rings. The molecule has 220 valence electrons. The molecule has 0 saturated carbocycles. The maximum absolute atomic E-state index is 9.98. The third-order valence-electron chi connectivity index (χ3n) is 7.76. The van der Waals surface area contributed by atoms with E-state index < -0.39 is 7.42 Å². The fourth-order valence-corrected chi connectivity index (χ4v) is 6.83. The van der Waals surface area contributed by atoms with Gasteiger partial charge in [0.15, 0.2) is 0 Å². The summed E-state index contributed by atoms with van der Waals surface area (Å²) in [4.78, 5) is 13.6. The lowest BCUT2D eigenvalue weighted by Gasteiger charge is -2.04. The quantitative estimate of drug-likeness (QED) is 0.0257. The topological polar surface area (TPSA) is 29.4 Å². The first-order valence-electron chi connectivity index (χ1n) is 16.6. The number of rotatable bonds is 32. The van der Waals surface area contributed by atoms with Crippen molar-refractivity contribution in [1.82, 2.24) is 0 Å². The summed E-state index contributed by atoms with van der Waals surface area (Å²) in [6.07, 6.45) is 42.2. The lowest BCUT2D eigenvalue weighted by Crippen LogP contribution is -1.91. The Morgan fingerprint density at radius 1 is 0.378 bits per heavy atom. The molecule has 0 bridgehead atoms. The van der Waals surface area contributed by atoms with Crippen molar-refractivity contribution in [1.29, 1.82) is 0 Å². The van der Waals surface area contributed by atoms with Crippen LogP contribution in [0.2, 0.25) is 6.04 Å². The molecule has 0 radical (unpaired) electrons. The molecule has 2 nitrogen and oxygen atoms in total. The number of hydrogen-bond acceptors (Lipinski definition) is 2. The van der Waals surface area contributed by atoms with Crippen molar-refractivity contribution in [3.05, 3.63) is 0 Å². The van der Waals surface area contributed by atoms with Gasteiger partial charge in [-0.3, -0.25) is 0 Å². The molecule has 0 amide bonds. The van der Waals surface area contributed by atoms with Crippen LogP contribution in [0.15, 0.2) is 4.99 Å². The van der Waals surface area contributed by atoms with Gasteiger partial charge < -0.3 is 0 Å². The molecule has 0 spiro atoms. The molecule has 0 unspecified atom stereocenters. The van der Waals surface area contributed by atoms with Crippen LogP contribution in [0.25, 0.3) is 0 Å². The van der Waals surface area contributed by atoms with E-state index in [2.05, 4.69) is 4.99 Å². The molecular weight excluding hydrogens is 513 g/mol. The molecule has 0 fully saturated rings. The molecule has 0 rings (SSSR count). The van der Waals surface area contributed by atoms with E-state index in [-0.39, 0.29) is 0 Å². The number of carbonyl (C=O) groups excluding carboxylic acids is 1. The number of aliphatic imine (C=N–C) groups is 1. The van der Waals surface area contributed by atoms with Gasteiger partial charge in [-0.15, -0.1) is 0 Å². The number of halogens is 2. The summed E-state index contributed by atoms with van der Waals surface area (Å²) < 4.78 is 0. The highest BCUT2D eigenvalue weighted by atomic mass is 35.7. The molecule has 0 N–H and O–H groups in total. The van der Waals surface area contributed by atoms with Crippen molar-refractivity contribution in [2.45, 2.75) is 192 Å². The van der Waals surface area contributed by atoms with E-state index in [9.17, 15) is 4.79 Å². The summed E-state index contributed by atoms with van der Waals surface area (Å²) in [5.74, 6) is 0. The summed E-state index contributed by atoms with van der Waals surface area (Å²) >= 11 is 11.8. The van der Waals surface area contributed by atoms with Crippen LogP contribution in [0.1, 0.15) is 186 Å². The first-order chi connectivity index (χ1) is 18.3. The predicted molar refractivity (Wildman–Crippen MR) is 171 cm³/mol. The summed E-state index contributed by atoms with van der Waals surface area (Å²) in [5, 5.41) is 0. The van der Waals surface area contributed by atoms with Crippen LogP contribution in [0.3, 0.4) is 0 Å². The van der Waals surface area contributed by atoms with Gasteiger partial charge in [0.2, 0.25) is 13.5 Å². The van der Waals surface area contributed by atoms with Crippen LogP contribution in [0.5, 0.6) is 0 Å². The Hall–Kier alpha value is 0.177. The van der Waals surface area contributed by atoms with Crippen molar-refractivity contribution < 1.29 is 4.79 Å². The molecule has 5 heteroatoms. The second-order valence-electron chi connectivity index (χ2n) is 11.4. The van der Waals surface area contributed by atoms with Gasteiger partial charge in [0, 0.05) is 0 Å². The molecular formula is C32H63Cl2NOSi. The van der Waals surface area contributed by atoms with E-state index in [1.807, 2.05) is 0 Å². The molecule has 0 heterocycles. The van der Waals surface area contributed by atoms with E-state index in [4.69, 9.17) is 22.2 Å². The normalized spacial score (nSPS) is 11.3. The highest BCUT2D eigenvalue weighted by molar-refractivity contribution is 7.33. The van der Waals surface area contributed by atoms with Gasteiger partial charge in [0.05, 0.1) is 6.54 Å². The molecule has 0 saturated heterocycles. The lowest BCUT2D eigenvalue weighted by molar-refractivity contribution is 0.513. The fraction of sp³-hybridized carbons (Fsp3) is 0.969. The van der Waals surface area contributed by atoms with Crippen LogP contribution in [0.4, 0.5) is 0 Å². The van der Waals surface area contributed by atoms with Gasteiger partial charge >= 0.3 is 0 Å². The summed E-state index contributed by atoms with van der Waals surface area (Å²) in [6.45, 7) is 0.666. The molecule has 0 aliphatic rings. The van der Waals surface area contributed by atoms with Gasteiger partial charge in [-0.2, -0.15) is 22.2 Å². The van der Waals surface area contributed by atoms with Gasteiger partial charge in [-0.1, -0.05) is 180 Å². The second-order valence-corrected chi connectivity index (χ2v) is 16.6. The first-order valence-corrected chi connectivity index (χ1v) is 20.9. The third kappa shape index (κ3) is 36.2. The second kappa shape index (κ2) is 34.2. The van der Waals surface area contributed by atoms with Gasteiger partial charge in [-0.05, 0) is 12.5 Å². The van der Waals surface area contributed by atoms with Crippen molar-refractivity contribution in [3.8, 4) is 0 Å². The number of nitrogens with zero attached hydrogens (tertiary/aromatic N) is 1. The zero-order valence-electron chi connectivity index (χ0n) is 24.6. The average Bonchev–Trinajstić information content (AvgIpc) is 2.89. The summed E-state index contributed by atoms with van der Waals surface area (Å²) in [6, 6.07) is 1.09. The van der Waals surface area contributed by atoms with Crippen LogP contribution >= 0.6 is 22.2 Å². The molecule has 0 atom stereocenters. The van der Waals surface area contributed by atoms with E-state index in [1.54, 1.807) is 6.08 Å². The molecule has 0 aromatic heterocycles. The van der Waals surface area contributed by atoms with Crippen molar-refractivity contribution in [3.63, 3.8) is 0 Å². The van der Waals surface area contributed by atoms with Crippen LogP contribution < -0.4 is 0 Å². The molecule has 37 heavy (non-hydrogen) atoms. The maximum atomic E-state index is 9.98. The van der Waals surface area contributed by atoms with E-state index in [0.717, 1.165) is 12.5 Å². The minimum Gasteiger partial charge on any atom is -0.211 e. The maximum Gasteiger partial charge on any atom is 0.237 e. The van der Waals surface area contributed by atoms with Crippen LogP contribution in [-0.4, -0.2) is 20.0 Å². The van der Waals surface area contributed by atoms with Gasteiger partial charge in [0.1, 0.15) is 0 Å². The monoisotopic (exact) mass is 575 g/mol. The smallest absolute Gasteiger partial charge is 0.211 e. The Balaban J connectivity index is 3.03. The van der Waals surface area contributed by atoms with Gasteiger partial charge in [0.25, 0.3) is 0 Å². The highest BCUT2D eigenvalue weighted by Gasteiger charge is 2.01. The highest BCUT2D eigenvalue weighted by Crippen LogP contribution is 2.17. The summed E-state index contributed by atoms with van der Waals surface area (Å²) in [5.41, 5.74) is 0. The minimum atomic E-state index is -1.34. The Bertz CT molecular complexity index is 472. The fourth-order valence-electron chi connectivity index (χ4n) is 5.31. The first kappa shape index (κ1) is 37.2. The van der Waals surface area contributed by atoms with Gasteiger partial charge in [-0.25, -0.2) is 9.79 Å². The van der Waals surface area contributed by atoms with Crippen LogP contribution in [-0.2, 0) is 4.79 Å². The van der Waals surface area contributed by atoms with Crippen molar-refractivity contribution >= 4 is 35.7 Å². The Kier molecular flexibility index (Phi) is 34.4. The Morgan fingerprint density at radius 3 is 0.811 bits per heavy atom. The largest absolute Gasteiger partial charge is 0.237 e. The van der Waals surface area contributed by atoms with Crippen LogP contribution in [0, 0.1) is 0 Å². The zero-order chi connectivity index (χ0) is 26.9. The zero-order valence-corrected chi connectivity index (χ0v) is 27.3. The summed E-state index contributed by atoms with van der Waals surface area (Å²) in [7, 11) is -1.34. The Morgan fingerprint density at radius 2 is 0.595 bits per heavy atom. The standard InChI is InChI=1S/C32H63Cl2NOSi/c33-37(34)31-29-27-25-23-21-19-17-15-13-11-9-7-5-3-1-2-4-6-8-10-12-14-16-18-20-22-24-26-28-30-35-32-36/h37H,1-31H2. The minimum absolute atomic E-state index is 0.666. The Labute approximate surface area is 243 Å². The molecule has 0 aromatic carbocycles. The van der Waals surface area contributed by atoms with Crippen molar-refractivity contribution in [2.75, 3.05) is 6.54 Å². The molecule has 0 aliphatic carbocycles. The average molecular weight is 577 g/mol. The predicted octanol–water partition coefficient (Wildman–Crippen LogP) is 12.3. The number of unbranched alkanes of at least 4 members (excludes halogenated alkanes) is 28. The number of isocyanates is 1. The van der Waals surface area contributed by atoms with Crippen molar-refractivity contribution in [2.24, 2.45) is 4.99 Å². The van der Waals surface area contributed by atoms with E-state index in [1.165, 1.54) is 180 Å². The number of hydrogen-bond donors (Lipinski definition) is 0.